The van der Waals surface area contributed by atoms with Gasteiger partial charge in [0.05, 0.1) is 0 Å². The lowest BCUT2D eigenvalue weighted by Gasteiger charge is -2.13. The summed E-state index contributed by atoms with van der Waals surface area (Å²) < 4.78 is 0. The van der Waals surface area contributed by atoms with Crippen LogP contribution in [0.5, 0.6) is 0 Å². The zero-order valence-corrected chi connectivity index (χ0v) is 21.1. The van der Waals surface area contributed by atoms with Crippen molar-refractivity contribution in [1.29, 1.82) is 0 Å². The molecule has 0 saturated carbocycles. The summed E-state index contributed by atoms with van der Waals surface area (Å²) in [5, 5.41) is 0.746. The molecule has 0 heterocycles. The van der Waals surface area contributed by atoms with Crippen LogP contribution in [0.2, 0.25) is 5.02 Å². The lowest BCUT2D eigenvalue weighted by Crippen LogP contribution is -1.87. The van der Waals surface area contributed by atoms with Crippen molar-refractivity contribution >= 4 is 11.6 Å². The fraction of sp³-hybridized carbons (Fsp3) is 0. The zero-order valence-electron chi connectivity index (χ0n) is 20.3. The predicted molar refractivity (Wildman–Crippen MR) is 159 cm³/mol. The molecule has 1 heteroatoms. The maximum absolute atomic E-state index is 6.28. The van der Waals surface area contributed by atoms with Gasteiger partial charge in [-0.1, -0.05) is 127 Å². The molecule has 0 aliphatic rings. The van der Waals surface area contributed by atoms with Gasteiger partial charge in [0.1, 0.15) is 0 Å². The van der Waals surface area contributed by atoms with Crippen molar-refractivity contribution in [1.82, 2.24) is 0 Å². The summed E-state index contributed by atoms with van der Waals surface area (Å²) in [7, 11) is 0. The first kappa shape index (κ1) is 23.0. The van der Waals surface area contributed by atoms with Gasteiger partial charge < -0.3 is 0 Å². The lowest BCUT2D eigenvalue weighted by atomic mass is 9.91. The first-order valence-electron chi connectivity index (χ1n) is 12.5. The van der Waals surface area contributed by atoms with E-state index in [9.17, 15) is 0 Å². The van der Waals surface area contributed by atoms with Crippen LogP contribution in [0, 0.1) is 0 Å². The second-order valence-electron chi connectivity index (χ2n) is 9.20. The third-order valence-electron chi connectivity index (χ3n) is 6.72. The summed E-state index contributed by atoms with van der Waals surface area (Å²) in [4.78, 5) is 0. The average Bonchev–Trinajstić information content (AvgIpc) is 2.98. The number of rotatable bonds is 5. The van der Waals surface area contributed by atoms with Crippen molar-refractivity contribution in [3.05, 3.63) is 157 Å². The molecule has 0 aliphatic carbocycles. The van der Waals surface area contributed by atoms with Crippen LogP contribution in [0.3, 0.4) is 0 Å². The van der Waals surface area contributed by atoms with E-state index in [0.29, 0.717) is 0 Å². The Morgan fingerprint density at radius 3 is 1.11 bits per heavy atom. The zero-order chi connectivity index (χ0) is 25.0. The van der Waals surface area contributed by atoms with Gasteiger partial charge in [-0.05, 0) is 92.0 Å². The van der Waals surface area contributed by atoms with Crippen molar-refractivity contribution in [3.8, 4) is 55.6 Å². The van der Waals surface area contributed by atoms with Gasteiger partial charge in [0.2, 0.25) is 0 Å². The molecule has 0 amide bonds. The molecule has 0 bridgehead atoms. The third-order valence-corrected chi connectivity index (χ3v) is 6.95. The summed E-state index contributed by atoms with van der Waals surface area (Å²) in [5.41, 5.74) is 11.9. The quantitative estimate of drug-likeness (QED) is 0.224. The van der Waals surface area contributed by atoms with E-state index in [4.69, 9.17) is 11.6 Å². The number of benzene rings is 6. The van der Waals surface area contributed by atoms with Gasteiger partial charge >= 0.3 is 0 Å². The fourth-order valence-electron chi connectivity index (χ4n) is 4.79. The van der Waals surface area contributed by atoms with E-state index in [1.807, 2.05) is 18.2 Å². The van der Waals surface area contributed by atoms with Crippen molar-refractivity contribution < 1.29 is 0 Å². The second kappa shape index (κ2) is 10.3. The molecular weight excluding hydrogens is 468 g/mol. The van der Waals surface area contributed by atoms with Crippen LogP contribution < -0.4 is 0 Å². The van der Waals surface area contributed by atoms with E-state index in [-0.39, 0.29) is 0 Å². The monoisotopic (exact) mass is 492 g/mol. The Morgan fingerprint density at radius 2 is 0.568 bits per heavy atom. The molecule has 0 spiro atoms. The first-order chi connectivity index (χ1) is 18.2. The van der Waals surface area contributed by atoms with Crippen LogP contribution in [-0.4, -0.2) is 0 Å². The molecule has 0 nitrogen and oxygen atoms in total. The van der Waals surface area contributed by atoms with Gasteiger partial charge in [-0.2, -0.15) is 0 Å². The van der Waals surface area contributed by atoms with E-state index in [2.05, 4.69) is 133 Å². The van der Waals surface area contributed by atoms with Crippen molar-refractivity contribution in [3.63, 3.8) is 0 Å². The van der Waals surface area contributed by atoms with E-state index in [1.54, 1.807) is 0 Å². The second-order valence-corrected chi connectivity index (χ2v) is 9.64. The number of hydrogen-bond donors (Lipinski definition) is 0. The van der Waals surface area contributed by atoms with Crippen molar-refractivity contribution in [2.45, 2.75) is 0 Å². The molecule has 6 aromatic carbocycles. The van der Waals surface area contributed by atoms with Crippen LogP contribution in [-0.2, 0) is 0 Å². The normalized spacial score (nSPS) is 10.8. The van der Waals surface area contributed by atoms with Crippen LogP contribution in [0.1, 0.15) is 0 Å². The molecule has 0 radical (unpaired) electrons. The first-order valence-corrected chi connectivity index (χ1v) is 12.8. The van der Waals surface area contributed by atoms with Gasteiger partial charge in [0, 0.05) is 5.02 Å². The summed E-state index contributed by atoms with van der Waals surface area (Å²) in [5.74, 6) is 0. The largest absolute Gasteiger partial charge is 0.0843 e. The Hall–Kier alpha value is -4.39. The third kappa shape index (κ3) is 5.11. The standard InChI is InChI=1S/C36H25Cl/c37-36-16-8-15-32(25-36)30-13-7-14-31(21-30)35-23-33(27-11-5-2-6-12-27)22-34(24-35)29-19-17-28(18-20-29)26-9-3-1-4-10-26/h1-25H. The van der Waals surface area contributed by atoms with Gasteiger partial charge in [0.25, 0.3) is 0 Å². The SMILES string of the molecule is Clc1cccc(-c2cccc(-c3cc(-c4ccccc4)cc(-c4ccc(-c5ccccc5)cc4)c3)c2)c1. The molecule has 0 fully saturated rings. The maximum Gasteiger partial charge on any atom is 0.0412 e. The topological polar surface area (TPSA) is 0 Å². The van der Waals surface area contributed by atoms with E-state index < -0.39 is 0 Å². The van der Waals surface area contributed by atoms with Crippen molar-refractivity contribution in [2.75, 3.05) is 0 Å². The van der Waals surface area contributed by atoms with Crippen LogP contribution in [0.15, 0.2) is 152 Å². The molecule has 176 valence electrons. The Kier molecular flexibility index (Phi) is 6.42. The average molecular weight is 493 g/mol. The molecule has 0 atom stereocenters. The van der Waals surface area contributed by atoms with E-state index in [0.717, 1.165) is 16.1 Å². The van der Waals surface area contributed by atoms with Gasteiger partial charge in [0.15, 0.2) is 0 Å². The van der Waals surface area contributed by atoms with Gasteiger partial charge in [-0.15, -0.1) is 0 Å². The molecule has 0 aliphatic heterocycles. The minimum Gasteiger partial charge on any atom is -0.0843 e. The smallest absolute Gasteiger partial charge is 0.0412 e. The Bertz CT molecular complexity index is 1650. The number of halogens is 1. The molecule has 0 N–H and O–H groups in total. The Labute approximate surface area is 223 Å². The highest BCUT2D eigenvalue weighted by atomic mass is 35.5. The minimum absolute atomic E-state index is 0.746. The Balaban J connectivity index is 1.45. The van der Waals surface area contributed by atoms with Crippen LogP contribution in [0.4, 0.5) is 0 Å². The molecule has 37 heavy (non-hydrogen) atoms. The van der Waals surface area contributed by atoms with Crippen LogP contribution >= 0.6 is 11.6 Å². The molecule has 0 unspecified atom stereocenters. The molecular formula is C36H25Cl. The highest BCUT2D eigenvalue weighted by molar-refractivity contribution is 6.30. The molecule has 6 rings (SSSR count). The molecule has 0 saturated heterocycles. The van der Waals surface area contributed by atoms with Crippen LogP contribution in [0.25, 0.3) is 55.6 Å². The van der Waals surface area contributed by atoms with Gasteiger partial charge in [-0.25, -0.2) is 0 Å². The highest BCUT2D eigenvalue weighted by Gasteiger charge is 2.09. The summed E-state index contributed by atoms with van der Waals surface area (Å²) in [6, 6.07) is 53.5. The highest BCUT2D eigenvalue weighted by Crippen LogP contribution is 2.35. The lowest BCUT2D eigenvalue weighted by molar-refractivity contribution is 1.55. The minimum atomic E-state index is 0.746. The molecule has 6 aromatic rings. The molecule has 0 aromatic heterocycles. The van der Waals surface area contributed by atoms with Gasteiger partial charge in [-0.3, -0.25) is 0 Å². The maximum atomic E-state index is 6.28. The number of hydrogen-bond acceptors (Lipinski definition) is 0. The summed E-state index contributed by atoms with van der Waals surface area (Å²) in [6.07, 6.45) is 0. The summed E-state index contributed by atoms with van der Waals surface area (Å²) >= 11 is 6.28. The summed E-state index contributed by atoms with van der Waals surface area (Å²) in [6.45, 7) is 0. The predicted octanol–water partition coefficient (Wildman–Crippen LogP) is 10.7. The Morgan fingerprint density at radius 1 is 0.243 bits per heavy atom. The van der Waals surface area contributed by atoms with Crippen molar-refractivity contribution in [2.24, 2.45) is 0 Å². The fourth-order valence-corrected chi connectivity index (χ4v) is 4.98. The van der Waals surface area contributed by atoms with E-state index in [1.165, 1.54) is 44.5 Å². The van der Waals surface area contributed by atoms with E-state index >= 15 is 0 Å².